The SMILES string of the molecule is O=S(=O)([O-])O/C=C/c1ccc2c(c1)OC(C(O)c1ccc(O)c(O)c1)O2. The predicted octanol–water partition coefficient (Wildman–Crippen LogP) is 1.38. The summed E-state index contributed by atoms with van der Waals surface area (Å²) in [5, 5.41) is 29.2. The van der Waals surface area contributed by atoms with E-state index in [-0.39, 0.29) is 17.1 Å². The first-order chi connectivity index (χ1) is 12.2. The second-order valence-electron chi connectivity index (χ2n) is 5.31. The fourth-order valence-corrected chi connectivity index (χ4v) is 2.47. The number of hydrogen-bond donors (Lipinski definition) is 3. The maximum atomic E-state index is 10.4. The van der Waals surface area contributed by atoms with Crippen molar-refractivity contribution in [3.63, 3.8) is 0 Å². The molecule has 0 fully saturated rings. The summed E-state index contributed by atoms with van der Waals surface area (Å²) in [4.78, 5) is 0. The third kappa shape index (κ3) is 3.99. The predicted molar refractivity (Wildman–Crippen MR) is 86.0 cm³/mol. The molecule has 0 spiro atoms. The molecule has 0 radical (unpaired) electrons. The largest absolute Gasteiger partial charge is 0.716 e. The summed E-state index contributed by atoms with van der Waals surface area (Å²) in [5.41, 5.74) is 0.737. The van der Waals surface area contributed by atoms with Crippen molar-refractivity contribution in [3.8, 4) is 23.0 Å². The van der Waals surface area contributed by atoms with E-state index >= 15 is 0 Å². The molecule has 0 amide bonds. The first kappa shape index (κ1) is 17.9. The number of aromatic hydroxyl groups is 2. The molecular formula is C16H13O9S-. The van der Waals surface area contributed by atoms with Crippen LogP contribution in [0.1, 0.15) is 17.2 Å². The minimum Gasteiger partial charge on any atom is -0.716 e. The van der Waals surface area contributed by atoms with Gasteiger partial charge in [0.1, 0.15) is 6.26 Å². The molecule has 26 heavy (non-hydrogen) atoms. The molecule has 0 saturated carbocycles. The van der Waals surface area contributed by atoms with Gasteiger partial charge in [-0.1, -0.05) is 12.1 Å². The van der Waals surface area contributed by atoms with E-state index in [0.717, 1.165) is 6.26 Å². The van der Waals surface area contributed by atoms with E-state index in [2.05, 4.69) is 4.18 Å². The van der Waals surface area contributed by atoms with Crippen molar-refractivity contribution >= 4 is 16.5 Å². The third-order valence-corrected chi connectivity index (χ3v) is 3.83. The van der Waals surface area contributed by atoms with Crippen molar-refractivity contribution in [1.29, 1.82) is 0 Å². The second-order valence-corrected chi connectivity index (χ2v) is 6.32. The lowest BCUT2D eigenvalue weighted by Gasteiger charge is -2.17. The minimum atomic E-state index is -4.83. The topological polar surface area (TPSA) is 146 Å². The molecule has 0 aliphatic carbocycles. The van der Waals surface area contributed by atoms with E-state index in [1.165, 1.54) is 36.4 Å². The van der Waals surface area contributed by atoms with Crippen molar-refractivity contribution in [1.82, 2.24) is 0 Å². The van der Waals surface area contributed by atoms with Crippen LogP contribution in [0.4, 0.5) is 0 Å². The fourth-order valence-electron chi connectivity index (χ4n) is 2.28. The molecule has 0 saturated heterocycles. The molecule has 1 aliphatic rings. The highest BCUT2D eigenvalue weighted by atomic mass is 32.3. The lowest BCUT2D eigenvalue weighted by Crippen LogP contribution is -2.26. The van der Waals surface area contributed by atoms with Gasteiger partial charge in [-0.2, -0.15) is 0 Å². The second kappa shape index (κ2) is 6.75. The molecule has 0 bridgehead atoms. The summed E-state index contributed by atoms with van der Waals surface area (Å²) < 4.78 is 46.1. The van der Waals surface area contributed by atoms with Gasteiger partial charge in [0.05, 0.1) is 0 Å². The Morgan fingerprint density at radius 1 is 1.08 bits per heavy atom. The van der Waals surface area contributed by atoms with Crippen molar-refractivity contribution in [2.45, 2.75) is 12.4 Å². The molecule has 10 heteroatoms. The lowest BCUT2D eigenvalue weighted by atomic mass is 10.1. The van der Waals surface area contributed by atoms with E-state index in [1.807, 2.05) is 0 Å². The third-order valence-electron chi connectivity index (χ3n) is 3.49. The number of hydrogen-bond acceptors (Lipinski definition) is 9. The summed E-state index contributed by atoms with van der Waals surface area (Å²) in [6.07, 6.45) is -0.375. The molecule has 3 N–H and O–H groups in total. The Bertz CT molecular complexity index is 952. The quantitative estimate of drug-likeness (QED) is 0.302. The van der Waals surface area contributed by atoms with Gasteiger partial charge in [0.2, 0.25) is 0 Å². The maximum absolute atomic E-state index is 10.4. The van der Waals surface area contributed by atoms with E-state index < -0.39 is 28.5 Å². The van der Waals surface area contributed by atoms with E-state index in [9.17, 15) is 28.3 Å². The first-order valence-corrected chi connectivity index (χ1v) is 8.54. The van der Waals surface area contributed by atoms with Crippen LogP contribution in [0.25, 0.3) is 6.08 Å². The highest BCUT2D eigenvalue weighted by Crippen LogP contribution is 2.40. The van der Waals surface area contributed by atoms with Crippen LogP contribution >= 0.6 is 0 Å². The minimum absolute atomic E-state index is 0.271. The molecule has 1 heterocycles. The fraction of sp³-hybridized carbons (Fsp3) is 0.125. The molecule has 1 aliphatic heterocycles. The van der Waals surface area contributed by atoms with Crippen LogP contribution < -0.4 is 9.47 Å². The summed E-state index contributed by atoms with van der Waals surface area (Å²) in [7, 11) is -4.83. The summed E-state index contributed by atoms with van der Waals surface area (Å²) in [5.74, 6) is -0.0928. The molecule has 138 valence electrons. The molecule has 2 atom stereocenters. The van der Waals surface area contributed by atoms with Gasteiger partial charge in [0.25, 0.3) is 16.7 Å². The van der Waals surface area contributed by atoms with Crippen molar-refractivity contribution < 1.29 is 41.9 Å². The van der Waals surface area contributed by atoms with Crippen LogP contribution in [-0.4, -0.2) is 34.6 Å². The number of phenols is 2. The molecule has 2 aromatic carbocycles. The molecular weight excluding hydrogens is 368 g/mol. The monoisotopic (exact) mass is 381 g/mol. The van der Waals surface area contributed by atoms with Crippen molar-refractivity contribution in [2.24, 2.45) is 0 Å². The normalized spacial score (nSPS) is 17.4. The Balaban J connectivity index is 1.73. The Labute approximate surface area is 148 Å². The van der Waals surface area contributed by atoms with Crippen LogP contribution in [0, 0.1) is 0 Å². The van der Waals surface area contributed by atoms with Crippen LogP contribution in [0.2, 0.25) is 0 Å². The smallest absolute Gasteiger partial charge is 0.271 e. The number of ether oxygens (including phenoxy) is 2. The zero-order valence-corrected chi connectivity index (χ0v) is 13.8. The van der Waals surface area contributed by atoms with Crippen LogP contribution in [-0.2, 0) is 14.6 Å². The van der Waals surface area contributed by atoms with Gasteiger partial charge in [-0.15, -0.1) is 0 Å². The summed E-state index contributed by atoms with van der Waals surface area (Å²) in [6, 6.07) is 8.40. The van der Waals surface area contributed by atoms with E-state index in [0.29, 0.717) is 11.3 Å². The van der Waals surface area contributed by atoms with Gasteiger partial charge in [-0.3, -0.25) is 0 Å². The highest BCUT2D eigenvalue weighted by molar-refractivity contribution is 7.80. The van der Waals surface area contributed by atoms with Gasteiger partial charge in [-0.05, 0) is 41.5 Å². The first-order valence-electron chi connectivity index (χ1n) is 7.21. The molecule has 0 aromatic heterocycles. The molecule has 9 nitrogen and oxygen atoms in total. The summed E-state index contributed by atoms with van der Waals surface area (Å²) in [6.45, 7) is 0. The molecule has 3 rings (SSSR count). The number of aliphatic hydroxyl groups excluding tert-OH is 1. The number of fused-ring (bicyclic) bond motifs is 1. The van der Waals surface area contributed by atoms with Gasteiger partial charge in [-0.25, -0.2) is 8.42 Å². The van der Waals surface area contributed by atoms with E-state index in [4.69, 9.17) is 9.47 Å². The van der Waals surface area contributed by atoms with Gasteiger partial charge in [0.15, 0.2) is 29.1 Å². The van der Waals surface area contributed by atoms with Crippen LogP contribution in [0.15, 0.2) is 42.7 Å². The van der Waals surface area contributed by atoms with Crippen LogP contribution in [0.5, 0.6) is 23.0 Å². The number of rotatable bonds is 5. The Kier molecular flexibility index (Phi) is 4.64. The average Bonchev–Trinajstić information content (AvgIpc) is 2.99. The summed E-state index contributed by atoms with van der Waals surface area (Å²) >= 11 is 0. The highest BCUT2D eigenvalue weighted by Gasteiger charge is 2.32. The Hall–Kier alpha value is -2.95. The maximum Gasteiger partial charge on any atom is 0.271 e. The van der Waals surface area contributed by atoms with Gasteiger partial charge in [0, 0.05) is 0 Å². The lowest BCUT2D eigenvalue weighted by molar-refractivity contribution is -0.0605. The number of aliphatic hydroxyl groups is 1. The zero-order chi connectivity index (χ0) is 18.9. The van der Waals surface area contributed by atoms with Crippen molar-refractivity contribution in [3.05, 3.63) is 53.8 Å². The van der Waals surface area contributed by atoms with Gasteiger partial charge >= 0.3 is 0 Å². The zero-order valence-electron chi connectivity index (χ0n) is 13.0. The number of benzene rings is 2. The Morgan fingerprint density at radius 2 is 1.81 bits per heavy atom. The van der Waals surface area contributed by atoms with Gasteiger partial charge < -0.3 is 33.5 Å². The van der Waals surface area contributed by atoms with Crippen LogP contribution in [0.3, 0.4) is 0 Å². The number of phenolic OH excluding ortho intramolecular Hbond substituents is 2. The molecule has 2 aromatic rings. The standard InChI is InChI=1S/C16H14O9S/c17-11-3-2-10(8-12(11)18)15(19)16-24-13-4-1-9(7-14(13)25-16)5-6-23-26(20,21)22/h1-8,15-19H,(H,20,21,22)/p-1/b6-5+. The Morgan fingerprint density at radius 3 is 2.50 bits per heavy atom. The van der Waals surface area contributed by atoms with Crippen molar-refractivity contribution in [2.75, 3.05) is 0 Å². The average molecular weight is 381 g/mol. The van der Waals surface area contributed by atoms with E-state index in [1.54, 1.807) is 6.07 Å². The molecule has 2 unspecified atom stereocenters.